The molecule has 0 saturated heterocycles. The minimum Gasteiger partial charge on any atom is -0.391 e. The van der Waals surface area contributed by atoms with Gasteiger partial charge in [-0.15, -0.1) is 0 Å². The predicted octanol–water partition coefficient (Wildman–Crippen LogP) is 3.80. The van der Waals surface area contributed by atoms with E-state index >= 15 is 8.78 Å². The van der Waals surface area contributed by atoms with Crippen LogP contribution >= 0.6 is 0 Å². The van der Waals surface area contributed by atoms with Gasteiger partial charge in [-0.3, -0.25) is 18.4 Å². The zero-order valence-electron chi connectivity index (χ0n) is 21.8. The maximum Gasteiger partial charge on any atom is 0.334 e. The lowest BCUT2D eigenvalue weighted by Crippen LogP contribution is -2.43. The maximum absolute atomic E-state index is 15.4. The number of hydrogen-bond donors (Lipinski definition) is 2. The fourth-order valence-electron chi connectivity index (χ4n) is 5.53. The molecule has 0 aliphatic heterocycles. The molecule has 1 aliphatic carbocycles. The van der Waals surface area contributed by atoms with E-state index in [0.717, 1.165) is 29.2 Å². The number of imidazole rings is 1. The Labute approximate surface area is 227 Å². The monoisotopic (exact) mass is 546 g/mol. The van der Waals surface area contributed by atoms with Crippen molar-refractivity contribution in [3.63, 3.8) is 0 Å². The summed E-state index contributed by atoms with van der Waals surface area (Å²) >= 11 is 0. The molecular formula is C29H28F2N6O3. The van der Waals surface area contributed by atoms with Gasteiger partial charge in [0.25, 0.3) is 5.91 Å². The molecule has 5 aromatic rings. The van der Waals surface area contributed by atoms with E-state index in [2.05, 4.69) is 15.4 Å². The van der Waals surface area contributed by atoms with Crippen molar-refractivity contribution in [1.29, 1.82) is 0 Å². The molecule has 2 aromatic carbocycles. The highest BCUT2D eigenvalue weighted by Crippen LogP contribution is 2.31. The van der Waals surface area contributed by atoms with Gasteiger partial charge in [0.2, 0.25) is 0 Å². The Morgan fingerprint density at radius 1 is 1.12 bits per heavy atom. The molecule has 2 atom stereocenters. The number of halogens is 2. The van der Waals surface area contributed by atoms with Gasteiger partial charge in [-0.05, 0) is 42.2 Å². The maximum atomic E-state index is 15.4. The first-order valence-electron chi connectivity index (χ1n) is 13.3. The second kappa shape index (κ2) is 10.3. The van der Waals surface area contributed by atoms with Crippen LogP contribution in [0.25, 0.3) is 27.7 Å². The van der Waals surface area contributed by atoms with Crippen LogP contribution in [-0.2, 0) is 13.6 Å². The Kier molecular flexibility index (Phi) is 6.67. The topological polar surface area (TPSA) is 106 Å². The van der Waals surface area contributed by atoms with Crippen LogP contribution in [0.15, 0.2) is 59.9 Å². The summed E-state index contributed by atoms with van der Waals surface area (Å²) in [5, 5.41) is 18.4. The van der Waals surface area contributed by atoms with Crippen molar-refractivity contribution in [2.75, 3.05) is 0 Å². The molecule has 3 heterocycles. The average molecular weight is 547 g/mol. The van der Waals surface area contributed by atoms with Crippen LogP contribution in [0.5, 0.6) is 0 Å². The van der Waals surface area contributed by atoms with Gasteiger partial charge in [0, 0.05) is 42.8 Å². The molecule has 1 aliphatic rings. The Morgan fingerprint density at radius 2 is 1.90 bits per heavy atom. The Bertz CT molecular complexity index is 1780. The van der Waals surface area contributed by atoms with Crippen LogP contribution in [0.2, 0.25) is 0 Å². The number of rotatable bonds is 5. The molecular weight excluding hydrogens is 518 g/mol. The number of carbonyl (C=O) groups is 1. The third kappa shape index (κ3) is 4.66. The number of aliphatic hydroxyl groups is 1. The molecule has 3 aromatic heterocycles. The van der Waals surface area contributed by atoms with E-state index in [9.17, 15) is 14.7 Å². The minimum atomic E-state index is -0.818. The second-order valence-corrected chi connectivity index (χ2v) is 10.3. The lowest BCUT2D eigenvalue weighted by Gasteiger charge is -2.22. The lowest BCUT2D eigenvalue weighted by atomic mass is 10.00. The number of aliphatic hydroxyl groups excluding tert-OH is 1. The van der Waals surface area contributed by atoms with Crippen LogP contribution in [0.3, 0.4) is 0 Å². The number of nitrogens with one attached hydrogen (secondary N) is 1. The third-order valence-corrected chi connectivity index (χ3v) is 7.60. The molecule has 0 radical (unpaired) electrons. The summed E-state index contributed by atoms with van der Waals surface area (Å²) in [4.78, 5) is 30.6. The zero-order chi connectivity index (χ0) is 28.0. The van der Waals surface area contributed by atoms with Crippen molar-refractivity contribution < 1.29 is 18.7 Å². The number of fused-ring (bicyclic) bond motifs is 2. The minimum absolute atomic E-state index is 0.0711. The highest BCUT2D eigenvalue weighted by Gasteiger charge is 2.26. The highest BCUT2D eigenvalue weighted by molar-refractivity contribution is 5.99. The first-order chi connectivity index (χ1) is 19.3. The van der Waals surface area contributed by atoms with Crippen molar-refractivity contribution >= 4 is 22.5 Å². The number of benzene rings is 2. The normalized spacial score (nSPS) is 17.8. The van der Waals surface area contributed by atoms with Crippen molar-refractivity contribution in [2.24, 2.45) is 7.05 Å². The SMILES string of the molecule is Cn1cc2c(-c3cc(F)c(Cn4cc(C(=O)N[C@H]5CCCCC[C@@H]5O)c5nccn5c4=O)c(F)c3)cccc2n1. The standard InChI is InChI=1S/C29H28F2N6O3/c1-35-14-19-18(6-5-8-24(19)34-35)17-12-22(30)20(23(31)13-17)15-36-16-21(27-32-10-11-37(27)29(36)40)28(39)33-25-7-3-2-4-9-26(25)38/h5-6,8,10-14,16,25-26,38H,2-4,7,9,15H2,1H3,(H,33,39)/t25-,26-/m0/s1. The van der Waals surface area contributed by atoms with Crippen molar-refractivity contribution in [3.05, 3.63) is 88.4 Å². The summed E-state index contributed by atoms with van der Waals surface area (Å²) in [6.07, 6.45) is 9.13. The van der Waals surface area contributed by atoms with Crippen LogP contribution in [-0.4, -0.2) is 46.9 Å². The first kappa shape index (κ1) is 25.9. The Balaban J connectivity index is 1.35. The number of nitrogens with zero attached hydrogens (tertiary/aromatic N) is 5. The molecule has 206 valence electrons. The van der Waals surface area contributed by atoms with E-state index in [1.165, 1.54) is 35.1 Å². The summed E-state index contributed by atoms with van der Waals surface area (Å²) < 4.78 is 34.7. The summed E-state index contributed by atoms with van der Waals surface area (Å²) in [6, 6.07) is 7.41. The van der Waals surface area contributed by atoms with Gasteiger partial charge >= 0.3 is 5.69 Å². The van der Waals surface area contributed by atoms with E-state index in [4.69, 9.17) is 0 Å². The number of hydrogen-bond acceptors (Lipinski definition) is 5. The highest BCUT2D eigenvalue weighted by atomic mass is 19.1. The van der Waals surface area contributed by atoms with E-state index in [1.807, 2.05) is 6.07 Å². The van der Waals surface area contributed by atoms with Crippen molar-refractivity contribution in [2.45, 2.75) is 50.8 Å². The number of aromatic nitrogens is 5. The molecule has 0 unspecified atom stereocenters. The molecule has 11 heteroatoms. The second-order valence-electron chi connectivity index (χ2n) is 10.3. The van der Waals surface area contributed by atoms with Gasteiger partial charge in [-0.2, -0.15) is 5.10 Å². The lowest BCUT2D eigenvalue weighted by molar-refractivity contribution is 0.0819. The summed E-state index contributed by atoms with van der Waals surface area (Å²) in [6.45, 7) is -0.436. The van der Waals surface area contributed by atoms with Gasteiger partial charge in [-0.1, -0.05) is 31.4 Å². The molecule has 1 saturated carbocycles. The number of amides is 1. The summed E-state index contributed by atoms with van der Waals surface area (Å²) in [5.74, 6) is -2.15. The number of carbonyl (C=O) groups excluding carboxylic acids is 1. The van der Waals surface area contributed by atoms with Crippen molar-refractivity contribution in [3.8, 4) is 11.1 Å². The average Bonchev–Trinajstić information content (AvgIpc) is 3.51. The fraction of sp³-hybridized carbons (Fsp3) is 0.310. The van der Waals surface area contributed by atoms with Gasteiger partial charge in [0.1, 0.15) is 11.6 Å². The van der Waals surface area contributed by atoms with E-state index in [-0.39, 0.29) is 16.8 Å². The van der Waals surface area contributed by atoms with E-state index in [1.54, 1.807) is 30.1 Å². The molecule has 1 fully saturated rings. The fourth-order valence-corrected chi connectivity index (χ4v) is 5.53. The predicted molar refractivity (Wildman–Crippen MR) is 145 cm³/mol. The van der Waals surface area contributed by atoms with Crippen LogP contribution in [0.1, 0.15) is 48.0 Å². The van der Waals surface area contributed by atoms with E-state index < -0.39 is 41.9 Å². The van der Waals surface area contributed by atoms with E-state index in [0.29, 0.717) is 29.5 Å². The summed E-state index contributed by atoms with van der Waals surface area (Å²) in [5.41, 5.74) is 0.968. The van der Waals surface area contributed by atoms with Crippen LogP contribution < -0.4 is 11.0 Å². The molecule has 40 heavy (non-hydrogen) atoms. The molecule has 1 amide bonds. The number of aryl methyl sites for hydroxylation is 1. The molecule has 0 bridgehead atoms. The first-order valence-corrected chi connectivity index (χ1v) is 13.3. The molecule has 0 spiro atoms. The van der Waals surface area contributed by atoms with Crippen molar-refractivity contribution in [1.82, 2.24) is 29.0 Å². The zero-order valence-corrected chi connectivity index (χ0v) is 21.8. The Hall–Kier alpha value is -4.38. The molecule has 2 N–H and O–H groups in total. The van der Waals surface area contributed by atoms with Gasteiger partial charge < -0.3 is 10.4 Å². The molecule has 6 rings (SSSR count). The smallest absolute Gasteiger partial charge is 0.334 e. The Morgan fingerprint density at radius 3 is 2.70 bits per heavy atom. The summed E-state index contributed by atoms with van der Waals surface area (Å²) in [7, 11) is 1.77. The molecule has 9 nitrogen and oxygen atoms in total. The van der Waals surface area contributed by atoms with Gasteiger partial charge in [-0.25, -0.2) is 18.6 Å². The quantitative estimate of drug-likeness (QED) is 0.326. The van der Waals surface area contributed by atoms with Gasteiger partial charge in [0.05, 0.1) is 29.8 Å². The third-order valence-electron chi connectivity index (χ3n) is 7.60. The van der Waals surface area contributed by atoms with Gasteiger partial charge in [0.15, 0.2) is 5.65 Å². The largest absolute Gasteiger partial charge is 0.391 e. The van der Waals surface area contributed by atoms with Crippen LogP contribution in [0.4, 0.5) is 8.78 Å². The van der Waals surface area contributed by atoms with Crippen LogP contribution in [0, 0.1) is 11.6 Å².